The molecule has 1 aromatic carbocycles. The van der Waals surface area contributed by atoms with Crippen LogP contribution in [0.15, 0.2) is 12.1 Å². The van der Waals surface area contributed by atoms with Gasteiger partial charge in [-0.3, -0.25) is 4.90 Å². The van der Waals surface area contributed by atoms with E-state index in [0.717, 1.165) is 24.3 Å². The van der Waals surface area contributed by atoms with Crippen LogP contribution < -0.4 is 9.47 Å². The smallest absolute Gasteiger partial charge is 0.161 e. The lowest BCUT2D eigenvalue weighted by atomic mass is 9.99. The normalized spacial score (nSPS) is 15.5. The number of fused-ring (bicyclic) bond motifs is 1. The minimum Gasteiger partial charge on any atom is -0.493 e. The first-order valence-electron chi connectivity index (χ1n) is 5.72. The summed E-state index contributed by atoms with van der Waals surface area (Å²) >= 11 is 0. The van der Waals surface area contributed by atoms with Crippen LogP contribution in [0.3, 0.4) is 0 Å². The van der Waals surface area contributed by atoms with Gasteiger partial charge in [0, 0.05) is 13.1 Å². The zero-order valence-electron chi connectivity index (χ0n) is 10.5. The average Bonchev–Trinajstić information content (AvgIpc) is 2.36. The molecule has 0 unspecified atom stereocenters. The van der Waals surface area contributed by atoms with Gasteiger partial charge >= 0.3 is 0 Å². The second kappa shape index (κ2) is 5.58. The fourth-order valence-electron chi connectivity index (χ4n) is 2.23. The van der Waals surface area contributed by atoms with E-state index < -0.39 is 10.7 Å². The van der Waals surface area contributed by atoms with E-state index in [-0.39, 0.29) is 5.88 Å². The number of hydrogen-bond donors (Lipinski definition) is 1. The molecule has 0 radical (unpaired) electrons. The molecular formula is C12H17NO4S. The van der Waals surface area contributed by atoms with Gasteiger partial charge in [0.15, 0.2) is 22.2 Å². The average molecular weight is 271 g/mol. The number of hydrogen-bond acceptors (Lipinski definition) is 5. The van der Waals surface area contributed by atoms with Crippen LogP contribution in [-0.4, -0.2) is 40.0 Å². The lowest BCUT2D eigenvalue weighted by Crippen LogP contribution is -2.31. The Bertz CT molecular complexity index is 505. The van der Waals surface area contributed by atoms with Crippen LogP contribution in [0.25, 0.3) is 0 Å². The van der Waals surface area contributed by atoms with Crippen molar-refractivity contribution in [3.05, 3.63) is 23.3 Å². The molecule has 0 amide bonds. The third-order valence-corrected chi connectivity index (χ3v) is 3.74. The summed E-state index contributed by atoms with van der Waals surface area (Å²) in [6.07, 6.45) is 0.832. The van der Waals surface area contributed by atoms with Crippen molar-refractivity contribution in [1.82, 2.24) is 4.90 Å². The molecule has 0 saturated heterocycles. The molecule has 5 nitrogen and oxygen atoms in total. The molecule has 1 aromatic rings. The maximum Gasteiger partial charge on any atom is 0.161 e. The van der Waals surface area contributed by atoms with Gasteiger partial charge < -0.3 is 9.47 Å². The van der Waals surface area contributed by atoms with Gasteiger partial charge in [-0.2, -0.15) is 0 Å². The molecule has 0 aromatic heterocycles. The second-order valence-corrected chi connectivity index (χ2v) is 5.20. The molecule has 18 heavy (non-hydrogen) atoms. The maximum atomic E-state index is 10.8. The standard InChI is InChI=1S/C12H17NO4S/c1-16-11-5-9-3-4-13(8-18(14)15)7-10(9)6-12(11)17-2/h5-6,18H,3-4,7-8H2,1-2H3. The first kappa shape index (κ1) is 13.2. The Kier molecular flexibility index (Phi) is 4.08. The molecule has 0 aliphatic carbocycles. The van der Waals surface area contributed by atoms with Crippen LogP contribution in [0, 0.1) is 0 Å². The fraction of sp³-hybridized carbons (Fsp3) is 0.500. The van der Waals surface area contributed by atoms with Crippen molar-refractivity contribution in [1.29, 1.82) is 0 Å². The first-order valence-corrected chi connectivity index (χ1v) is 7.08. The SMILES string of the molecule is COc1cc2c(cc1OC)CN(C[SH](=O)=O)CC2. The van der Waals surface area contributed by atoms with Crippen molar-refractivity contribution in [2.24, 2.45) is 0 Å². The Labute approximate surface area is 108 Å². The predicted octanol–water partition coefficient (Wildman–Crippen LogP) is 0.631. The molecule has 0 atom stereocenters. The van der Waals surface area contributed by atoms with Gasteiger partial charge in [0.05, 0.1) is 20.1 Å². The summed E-state index contributed by atoms with van der Waals surface area (Å²) < 4.78 is 32.0. The molecule has 0 spiro atoms. The van der Waals surface area contributed by atoms with Gasteiger partial charge in [0.2, 0.25) is 0 Å². The Hall–Kier alpha value is -1.27. The zero-order valence-corrected chi connectivity index (χ0v) is 11.4. The van der Waals surface area contributed by atoms with Crippen LogP contribution in [0.5, 0.6) is 11.5 Å². The highest BCUT2D eigenvalue weighted by Gasteiger charge is 2.19. The van der Waals surface area contributed by atoms with Crippen LogP contribution >= 0.6 is 0 Å². The number of ether oxygens (including phenoxy) is 2. The molecule has 2 rings (SSSR count). The highest BCUT2D eigenvalue weighted by molar-refractivity contribution is 7.72. The van der Waals surface area contributed by atoms with Crippen LogP contribution in [0.4, 0.5) is 0 Å². The van der Waals surface area contributed by atoms with Gasteiger partial charge in [0.1, 0.15) is 0 Å². The summed E-state index contributed by atoms with van der Waals surface area (Å²) in [6.45, 7) is 1.39. The van der Waals surface area contributed by atoms with Crippen molar-refractivity contribution in [2.75, 3.05) is 26.6 Å². The molecule has 1 heterocycles. The Morgan fingerprint density at radius 3 is 2.33 bits per heavy atom. The fourth-order valence-corrected chi connectivity index (χ4v) is 2.79. The van der Waals surface area contributed by atoms with E-state index in [1.165, 1.54) is 5.56 Å². The minimum atomic E-state index is -2.36. The summed E-state index contributed by atoms with van der Waals surface area (Å²) in [4.78, 5) is 1.92. The minimum absolute atomic E-state index is 0.114. The monoisotopic (exact) mass is 271 g/mol. The number of rotatable bonds is 4. The maximum absolute atomic E-state index is 10.8. The number of nitrogens with zero attached hydrogens (tertiary/aromatic N) is 1. The van der Waals surface area contributed by atoms with Crippen molar-refractivity contribution in [3.8, 4) is 11.5 Å². The summed E-state index contributed by atoms with van der Waals surface area (Å²) in [5.74, 6) is 1.52. The highest BCUT2D eigenvalue weighted by Crippen LogP contribution is 2.33. The van der Waals surface area contributed by atoms with Gasteiger partial charge in [-0.25, -0.2) is 8.42 Å². The number of methoxy groups -OCH3 is 2. The van der Waals surface area contributed by atoms with Crippen molar-refractivity contribution < 1.29 is 17.9 Å². The van der Waals surface area contributed by atoms with Crippen LogP contribution in [-0.2, 0) is 23.7 Å². The Morgan fingerprint density at radius 1 is 1.17 bits per heavy atom. The first-order chi connectivity index (χ1) is 8.63. The third kappa shape index (κ3) is 2.76. The van der Waals surface area contributed by atoms with E-state index in [1.54, 1.807) is 14.2 Å². The molecule has 6 heteroatoms. The lowest BCUT2D eigenvalue weighted by molar-refractivity contribution is 0.291. The van der Waals surface area contributed by atoms with E-state index in [1.807, 2.05) is 17.0 Å². The van der Waals surface area contributed by atoms with Gasteiger partial charge in [-0.1, -0.05) is 0 Å². The largest absolute Gasteiger partial charge is 0.493 e. The Morgan fingerprint density at radius 2 is 1.78 bits per heavy atom. The van der Waals surface area contributed by atoms with Crippen molar-refractivity contribution in [2.45, 2.75) is 13.0 Å². The van der Waals surface area contributed by atoms with Crippen LogP contribution in [0.1, 0.15) is 11.1 Å². The van der Waals surface area contributed by atoms with Gasteiger partial charge in [0.25, 0.3) is 0 Å². The summed E-state index contributed by atoms with van der Waals surface area (Å²) in [6, 6.07) is 3.90. The molecule has 100 valence electrons. The molecular weight excluding hydrogens is 254 g/mol. The number of thiol groups is 1. The molecule has 0 fully saturated rings. The molecule has 1 aliphatic rings. The van der Waals surface area contributed by atoms with E-state index >= 15 is 0 Å². The van der Waals surface area contributed by atoms with Gasteiger partial charge in [-0.15, -0.1) is 0 Å². The Balaban J connectivity index is 2.26. The van der Waals surface area contributed by atoms with Gasteiger partial charge in [-0.05, 0) is 29.7 Å². The molecule has 0 N–H and O–H groups in total. The topological polar surface area (TPSA) is 55.8 Å². The van der Waals surface area contributed by atoms with Crippen molar-refractivity contribution in [3.63, 3.8) is 0 Å². The predicted molar refractivity (Wildman–Crippen MR) is 68.8 cm³/mol. The van der Waals surface area contributed by atoms with E-state index in [4.69, 9.17) is 9.47 Å². The number of benzene rings is 1. The third-order valence-electron chi connectivity index (χ3n) is 3.11. The van der Waals surface area contributed by atoms with Crippen molar-refractivity contribution >= 4 is 10.7 Å². The molecule has 0 saturated carbocycles. The van der Waals surface area contributed by atoms with E-state index in [0.29, 0.717) is 12.3 Å². The lowest BCUT2D eigenvalue weighted by Gasteiger charge is -2.27. The quantitative estimate of drug-likeness (QED) is 0.814. The summed E-state index contributed by atoms with van der Waals surface area (Å²) in [5.41, 5.74) is 2.31. The van der Waals surface area contributed by atoms with E-state index in [9.17, 15) is 8.42 Å². The zero-order chi connectivity index (χ0) is 13.1. The van der Waals surface area contributed by atoms with E-state index in [2.05, 4.69) is 0 Å². The summed E-state index contributed by atoms with van der Waals surface area (Å²) in [5, 5.41) is 0. The van der Waals surface area contributed by atoms with Crippen LogP contribution in [0.2, 0.25) is 0 Å². The summed E-state index contributed by atoms with van der Waals surface area (Å²) in [7, 11) is 0.846. The molecule has 0 bridgehead atoms. The highest BCUT2D eigenvalue weighted by atomic mass is 32.2. The second-order valence-electron chi connectivity index (χ2n) is 4.25. The molecule has 1 aliphatic heterocycles.